The number of rotatable bonds is 4. The molecule has 0 spiro atoms. The number of ether oxygens (including phenoxy) is 1. The second-order valence-corrected chi connectivity index (χ2v) is 4.94. The van der Waals surface area contributed by atoms with Crippen molar-refractivity contribution in [2.45, 2.75) is 56.7 Å². The molecule has 0 aliphatic heterocycles. The number of alkyl halides is 5. The summed E-state index contributed by atoms with van der Waals surface area (Å²) >= 11 is 0. The van der Waals surface area contributed by atoms with E-state index in [-0.39, 0.29) is 18.4 Å². The molecule has 1 aliphatic rings. The van der Waals surface area contributed by atoms with Crippen molar-refractivity contribution in [2.24, 2.45) is 0 Å². The fraction of sp³-hybridized carbons (Fsp3) is 0.750. The monoisotopic (exact) mass is 286 g/mol. The Bertz CT molecular complexity index is 367. The summed E-state index contributed by atoms with van der Waals surface area (Å²) in [5.74, 6) is -5.80. The van der Waals surface area contributed by atoms with Crippen molar-refractivity contribution in [1.29, 1.82) is 0 Å². The van der Waals surface area contributed by atoms with Crippen molar-refractivity contribution in [1.82, 2.24) is 0 Å². The van der Waals surface area contributed by atoms with Crippen LogP contribution in [0.15, 0.2) is 12.2 Å². The largest absolute Gasteiger partial charge is 0.455 e. The fourth-order valence-corrected chi connectivity index (χ4v) is 2.12. The normalized spacial score (nSPS) is 19.3. The SMILES string of the molecule is C=C(C)C(=O)OC1(CC(F)(F)C(F)(F)F)CCCC1. The molecule has 0 saturated heterocycles. The van der Waals surface area contributed by atoms with E-state index in [0.717, 1.165) is 0 Å². The molecule has 1 fully saturated rings. The lowest BCUT2D eigenvalue weighted by Gasteiger charge is -2.33. The third-order valence-corrected chi connectivity index (χ3v) is 3.13. The number of esters is 1. The van der Waals surface area contributed by atoms with Crippen LogP contribution in [-0.4, -0.2) is 23.7 Å². The molecule has 0 unspecified atom stereocenters. The first-order chi connectivity index (χ1) is 8.49. The van der Waals surface area contributed by atoms with E-state index >= 15 is 0 Å². The van der Waals surface area contributed by atoms with Crippen LogP contribution in [0.4, 0.5) is 22.0 Å². The van der Waals surface area contributed by atoms with Gasteiger partial charge in [-0.1, -0.05) is 6.58 Å². The van der Waals surface area contributed by atoms with Crippen LogP contribution < -0.4 is 0 Å². The van der Waals surface area contributed by atoms with Gasteiger partial charge in [0.1, 0.15) is 5.60 Å². The molecule has 0 aromatic heterocycles. The molecule has 0 atom stereocenters. The number of carbonyl (C=O) groups excluding carboxylic acids is 1. The highest BCUT2D eigenvalue weighted by Gasteiger charge is 2.61. The average molecular weight is 286 g/mol. The number of hydrogen-bond acceptors (Lipinski definition) is 2. The first-order valence-corrected chi connectivity index (χ1v) is 5.83. The van der Waals surface area contributed by atoms with Crippen LogP contribution in [0.1, 0.15) is 39.0 Å². The van der Waals surface area contributed by atoms with Gasteiger partial charge in [-0.05, 0) is 32.6 Å². The molecule has 0 heterocycles. The Kier molecular flexibility index (Phi) is 4.27. The fourth-order valence-electron chi connectivity index (χ4n) is 2.12. The van der Waals surface area contributed by atoms with Crippen LogP contribution in [0.2, 0.25) is 0 Å². The summed E-state index contributed by atoms with van der Waals surface area (Å²) in [7, 11) is 0. The first kappa shape index (κ1) is 15.9. The molecule has 0 bridgehead atoms. The molecule has 0 radical (unpaired) electrons. The van der Waals surface area contributed by atoms with Crippen LogP contribution in [0.25, 0.3) is 0 Å². The summed E-state index contributed by atoms with van der Waals surface area (Å²) in [5.41, 5.74) is -1.77. The predicted molar refractivity (Wildman–Crippen MR) is 57.7 cm³/mol. The van der Waals surface area contributed by atoms with Gasteiger partial charge in [0.05, 0.1) is 6.42 Å². The third-order valence-electron chi connectivity index (χ3n) is 3.13. The van der Waals surface area contributed by atoms with Crippen molar-refractivity contribution >= 4 is 5.97 Å². The van der Waals surface area contributed by atoms with E-state index in [2.05, 4.69) is 6.58 Å². The lowest BCUT2D eigenvalue weighted by Crippen LogP contribution is -2.46. The van der Waals surface area contributed by atoms with Crippen LogP contribution in [0.3, 0.4) is 0 Å². The zero-order valence-corrected chi connectivity index (χ0v) is 10.4. The van der Waals surface area contributed by atoms with Gasteiger partial charge in [0.2, 0.25) is 0 Å². The smallest absolute Gasteiger partial charge is 0.453 e. The van der Waals surface area contributed by atoms with E-state index in [4.69, 9.17) is 4.74 Å². The highest BCUT2D eigenvalue weighted by atomic mass is 19.4. The topological polar surface area (TPSA) is 26.3 Å². The minimum atomic E-state index is -5.64. The van der Waals surface area contributed by atoms with Gasteiger partial charge >= 0.3 is 18.1 Å². The maximum absolute atomic E-state index is 13.1. The van der Waals surface area contributed by atoms with Crippen LogP contribution >= 0.6 is 0 Å². The van der Waals surface area contributed by atoms with Gasteiger partial charge in [0, 0.05) is 5.57 Å². The minimum Gasteiger partial charge on any atom is -0.455 e. The molecule has 0 aromatic rings. The summed E-state index contributed by atoms with van der Waals surface area (Å²) in [6.07, 6.45) is -6.23. The summed E-state index contributed by atoms with van der Waals surface area (Å²) < 4.78 is 67.9. The third kappa shape index (κ3) is 3.67. The Morgan fingerprint density at radius 2 is 1.68 bits per heavy atom. The lowest BCUT2D eigenvalue weighted by molar-refractivity contribution is -0.297. The van der Waals surface area contributed by atoms with E-state index in [1.54, 1.807) is 0 Å². The minimum absolute atomic E-state index is 0.0116. The van der Waals surface area contributed by atoms with Crippen LogP contribution in [0.5, 0.6) is 0 Å². The maximum atomic E-state index is 13.1. The van der Waals surface area contributed by atoms with Gasteiger partial charge in [-0.2, -0.15) is 22.0 Å². The van der Waals surface area contributed by atoms with Gasteiger partial charge in [-0.15, -0.1) is 0 Å². The lowest BCUT2D eigenvalue weighted by atomic mass is 9.93. The molecular formula is C12H15F5O2. The Labute approximate surface area is 107 Å². The van der Waals surface area contributed by atoms with E-state index in [9.17, 15) is 26.7 Å². The Balaban J connectivity index is 2.89. The maximum Gasteiger partial charge on any atom is 0.453 e. The van der Waals surface area contributed by atoms with E-state index in [1.807, 2.05) is 0 Å². The van der Waals surface area contributed by atoms with Crippen molar-refractivity contribution in [2.75, 3.05) is 0 Å². The zero-order valence-electron chi connectivity index (χ0n) is 10.4. The van der Waals surface area contributed by atoms with E-state index in [1.165, 1.54) is 6.92 Å². The van der Waals surface area contributed by atoms with Crippen LogP contribution in [0, 0.1) is 0 Å². The van der Waals surface area contributed by atoms with Crippen molar-refractivity contribution < 1.29 is 31.5 Å². The molecule has 7 heteroatoms. The van der Waals surface area contributed by atoms with Gasteiger partial charge in [0.15, 0.2) is 0 Å². The van der Waals surface area contributed by atoms with Gasteiger partial charge < -0.3 is 4.74 Å². The molecule has 0 N–H and O–H groups in total. The number of hydrogen-bond donors (Lipinski definition) is 0. The van der Waals surface area contributed by atoms with Gasteiger partial charge in [0.25, 0.3) is 0 Å². The molecular weight excluding hydrogens is 271 g/mol. The first-order valence-electron chi connectivity index (χ1n) is 5.83. The molecule has 19 heavy (non-hydrogen) atoms. The van der Waals surface area contributed by atoms with Crippen molar-refractivity contribution in [3.05, 3.63) is 12.2 Å². The van der Waals surface area contributed by atoms with Gasteiger partial charge in [-0.25, -0.2) is 4.79 Å². The van der Waals surface area contributed by atoms with Gasteiger partial charge in [-0.3, -0.25) is 0 Å². The van der Waals surface area contributed by atoms with Crippen molar-refractivity contribution in [3.63, 3.8) is 0 Å². The molecule has 110 valence electrons. The quantitative estimate of drug-likeness (QED) is 0.443. The molecule has 2 nitrogen and oxygen atoms in total. The Morgan fingerprint density at radius 3 is 2.05 bits per heavy atom. The van der Waals surface area contributed by atoms with Crippen molar-refractivity contribution in [3.8, 4) is 0 Å². The summed E-state index contributed by atoms with van der Waals surface area (Å²) in [6, 6.07) is 0. The number of halogens is 5. The summed E-state index contributed by atoms with van der Waals surface area (Å²) in [4.78, 5) is 11.4. The van der Waals surface area contributed by atoms with Crippen LogP contribution in [-0.2, 0) is 9.53 Å². The standard InChI is InChI=1S/C12H15F5O2/c1-8(2)9(18)19-10(5-3-4-6-10)7-11(13,14)12(15,16)17/h1,3-7H2,2H3. The average Bonchev–Trinajstić information content (AvgIpc) is 2.63. The Morgan fingerprint density at radius 1 is 1.21 bits per heavy atom. The summed E-state index contributed by atoms with van der Waals surface area (Å²) in [5, 5.41) is 0. The molecule has 1 saturated carbocycles. The molecule has 0 amide bonds. The molecule has 1 rings (SSSR count). The van der Waals surface area contributed by atoms with E-state index in [0.29, 0.717) is 12.8 Å². The summed E-state index contributed by atoms with van der Waals surface area (Å²) in [6.45, 7) is 4.60. The van der Waals surface area contributed by atoms with E-state index < -0.39 is 30.1 Å². The molecule has 0 aromatic carbocycles. The number of carbonyl (C=O) groups is 1. The highest BCUT2D eigenvalue weighted by Crippen LogP contribution is 2.47. The zero-order chi connectivity index (χ0) is 14.9. The molecule has 1 aliphatic carbocycles. The highest BCUT2D eigenvalue weighted by molar-refractivity contribution is 5.87. The second kappa shape index (κ2) is 5.09. The Hall–Kier alpha value is -1.14. The second-order valence-electron chi connectivity index (χ2n) is 4.94. The predicted octanol–water partition coefficient (Wildman–Crippen LogP) is 4.01.